The number of anilines is 1. The maximum Gasteiger partial charge on any atom is 0.325 e. The first-order valence-electron chi connectivity index (χ1n) is 10.3. The molecule has 1 heterocycles. The molecule has 1 unspecified atom stereocenters. The van der Waals surface area contributed by atoms with Gasteiger partial charge < -0.3 is 10.4 Å². The van der Waals surface area contributed by atoms with E-state index in [1.807, 2.05) is 30.3 Å². The number of carbonyl (C=O) groups is 2. The molecule has 1 aromatic heterocycles. The molecule has 4 rings (SSSR count). The maximum absolute atomic E-state index is 14.7. The quantitative estimate of drug-likeness (QED) is 0.435. The Labute approximate surface area is 189 Å². The molecule has 8 heteroatoms. The van der Waals surface area contributed by atoms with E-state index in [9.17, 15) is 14.0 Å². The van der Waals surface area contributed by atoms with Gasteiger partial charge >= 0.3 is 5.97 Å². The van der Waals surface area contributed by atoms with E-state index in [0.717, 1.165) is 5.56 Å². The third-order valence-electron chi connectivity index (χ3n) is 5.23. The number of halogens is 1. The van der Waals surface area contributed by atoms with E-state index in [1.54, 1.807) is 43.3 Å². The topological polar surface area (TPSA) is 97.1 Å². The summed E-state index contributed by atoms with van der Waals surface area (Å²) in [5.74, 6) is -2.27. The van der Waals surface area contributed by atoms with Crippen LogP contribution in [0.5, 0.6) is 0 Å². The number of hydrogen-bond acceptors (Lipinski definition) is 4. The highest BCUT2D eigenvalue weighted by molar-refractivity contribution is 5.96. The van der Waals surface area contributed by atoms with Crippen molar-refractivity contribution in [1.29, 1.82) is 0 Å². The summed E-state index contributed by atoms with van der Waals surface area (Å²) in [4.78, 5) is 23.6. The van der Waals surface area contributed by atoms with E-state index in [2.05, 4.69) is 15.6 Å². The monoisotopic (exact) mass is 444 g/mol. The van der Waals surface area contributed by atoms with Crippen molar-refractivity contribution in [3.05, 3.63) is 90.4 Å². The van der Waals surface area contributed by atoms with Gasteiger partial charge in [-0.05, 0) is 36.2 Å². The van der Waals surface area contributed by atoms with Gasteiger partial charge in [-0.3, -0.25) is 9.59 Å². The molecule has 0 aliphatic carbocycles. The first-order valence-corrected chi connectivity index (χ1v) is 10.3. The van der Waals surface area contributed by atoms with Crippen molar-refractivity contribution < 1.29 is 19.1 Å². The highest BCUT2D eigenvalue weighted by Gasteiger charge is 2.18. The van der Waals surface area contributed by atoms with Gasteiger partial charge in [-0.2, -0.15) is 0 Å². The second-order valence-electron chi connectivity index (χ2n) is 7.59. The zero-order valence-electron chi connectivity index (χ0n) is 17.8. The van der Waals surface area contributed by atoms with Crippen LogP contribution in [-0.2, 0) is 16.1 Å². The highest BCUT2D eigenvalue weighted by atomic mass is 19.1. The summed E-state index contributed by atoms with van der Waals surface area (Å²) < 4.78 is 15.9. The van der Waals surface area contributed by atoms with Crippen molar-refractivity contribution in [3.8, 4) is 22.4 Å². The zero-order valence-corrected chi connectivity index (χ0v) is 17.8. The summed E-state index contributed by atoms with van der Waals surface area (Å²) in [6, 6.07) is 21.1. The van der Waals surface area contributed by atoms with Crippen molar-refractivity contribution in [2.75, 3.05) is 5.32 Å². The lowest BCUT2D eigenvalue weighted by Crippen LogP contribution is -2.19. The maximum atomic E-state index is 14.7. The fraction of sp³-hybridized carbons (Fsp3) is 0.120. The van der Waals surface area contributed by atoms with Crippen LogP contribution >= 0.6 is 0 Å². The Bertz CT molecular complexity index is 1300. The van der Waals surface area contributed by atoms with E-state index in [1.165, 1.54) is 16.9 Å². The zero-order chi connectivity index (χ0) is 23.4. The van der Waals surface area contributed by atoms with Gasteiger partial charge in [-0.1, -0.05) is 59.8 Å². The minimum Gasteiger partial charge on any atom is -0.480 e. The number of carboxylic acid groups (broad SMARTS) is 1. The fourth-order valence-corrected chi connectivity index (χ4v) is 3.46. The van der Waals surface area contributed by atoms with Gasteiger partial charge in [0.15, 0.2) is 0 Å². The predicted molar refractivity (Wildman–Crippen MR) is 122 cm³/mol. The Kier molecular flexibility index (Phi) is 6.26. The lowest BCUT2D eigenvalue weighted by Gasteiger charge is -2.14. The summed E-state index contributed by atoms with van der Waals surface area (Å²) >= 11 is 0. The summed E-state index contributed by atoms with van der Waals surface area (Å²) in [5, 5.41) is 19.5. The standard InChI is InChI=1S/C25H21FN4O3/c1-16(18-10-11-21(22(26)13-18)17-6-3-2-4-7-17)25(33)27-20-9-5-8-19(12-20)23-14-30(29-28-23)15-24(31)32/h2-14,16H,15H2,1H3,(H,27,33)(H,31,32). The van der Waals surface area contributed by atoms with Crippen LogP contribution in [0.1, 0.15) is 18.4 Å². The van der Waals surface area contributed by atoms with Crippen LogP contribution in [0.4, 0.5) is 10.1 Å². The molecule has 0 bridgehead atoms. The van der Waals surface area contributed by atoms with Gasteiger partial charge in [0, 0.05) is 16.8 Å². The minimum absolute atomic E-state index is 0.284. The minimum atomic E-state index is -1.02. The second-order valence-corrected chi connectivity index (χ2v) is 7.59. The predicted octanol–water partition coefficient (Wildman–Crippen LogP) is 4.58. The Hall–Kier alpha value is -4.33. The third kappa shape index (κ3) is 5.12. The number of nitrogens with one attached hydrogen (secondary N) is 1. The van der Waals surface area contributed by atoms with Crippen LogP contribution in [0.2, 0.25) is 0 Å². The van der Waals surface area contributed by atoms with Crippen molar-refractivity contribution in [1.82, 2.24) is 15.0 Å². The van der Waals surface area contributed by atoms with Crippen LogP contribution in [0.25, 0.3) is 22.4 Å². The molecule has 1 atom stereocenters. The van der Waals surface area contributed by atoms with E-state index in [-0.39, 0.29) is 18.3 Å². The number of benzene rings is 3. The molecule has 0 aliphatic rings. The van der Waals surface area contributed by atoms with Crippen LogP contribution in [0.3, 0.4) is 0 Å². The molecule has 0 spiro atoms. The third-order valence-corrected chi connectivity index (χ3v) is 5.23. The molecule has 2 N–H and O–H groups in total. The molecule has 0 saturated carbocycles. The van der Waals surface area contributed by atoms with Gasteiger partial charge in [0.05, 0.1) is 12.1 Å². The number of carboxylic acids is 1. The largest absolute Gasteiger partial charge is 0.480 e. The fourth-order valence-electron chi connectivity index (χ4n) is 3.46. The van der Waals surface area contributed by atoms with Crippen LogP contribution in [0, 0.1) is 5.82 Å². The first-order chi connectivity index (χ1) is 15.9. The molecule has 7 nitrogen and oxygen atoms in total. The van der Waals surface area contributed by atoms with Crippen molar-refractivity contribution >= 4 is 17.6 Å². The van der Waals surface area contributed by atoms with Crippen molar-refractivity contribution in [3.63, 3.8) is 0 Å². The second kappa shape index (κ2) is 9.44. The molecular formula is C25H21FN4O3. The highest BCUT2D eigenvalue weighted by Crippen LogP contribution is 2.27. The molecule has 1 amide bonds. The molecule has 0 saturated heterocycles. The Morgan fingerprint density at radius 2 is 1.79 bits per heavy atom. The first kappa shape index (κ1) is 21.9. The average Bonchev–Trinajstić information content (AvgIpc) is 3.27. The number of aliphatic carboxylic acids is 1. The Morgan fingerprint density at radius 3 is 2.52 bits per heavy atom. The Morgan fingerprint density at radius 1 is 1.03 bits per heavy atom. The Balaban J connectivity index is 1.48. The summed E-state index contributed by atoms with van der Waals surface area (Å²) in [6.07, 6.45) is 1.52. The van der Waals surface area contributed by atoms with E-state index in [4.69, 9.17) is 5.11 Å². The van der Waals surface area contributed by atoms with Crippen molar-refractivity contribution in [2.45, 2.75) is 19.4 Å². The van der Waals surface area contributed by atoms with Gasteiger partial charge in [0.1, 0.15) is 18.1 Å². The SMILES string of the molecule is CC(C(=O)Nc1cccc(-c2cn(CC(=O)O)nn2)c1)c1ccc(-c2ccccc2)c(F)c1. The molecular weight excluding hydrogens is 423 g/mol. The summed E-state index contributed by atoms with van der Waals surface area (Å²) in [6.45, 7) is 1.42. The molecule has 0 fully saturated rings. The molecule has 4 aromatic rings. The summed E-state index contributed by atoms with van der Waals surface area (Å²) in [7, 11) is 0. The van der Waals surface area contributed by atoms with E-state index >= 15 is 0 Å². The molecule has 3 aromatic carbocycles. The van der Waals surface area contributed by atoms with Gasteiger partial charge in [-0.15, -0.1) is 5.10 Å². The normalized spacial score (nSPS) is 11.7. The van der Waals surface area contributed by atoms with E-state index in [0.29, 0.717) is 28.1 Å². The number of hydrogen-bond donors (Lipinski definition) is 2. The summed E-state index contributed by atoms with van der Waals surface area (Å²) in [5.41, 5.74) is 3.52. The molecule has 0 aliphatic heterocycles. The molecule has 0 radical (unpaired) electrons. The van der Waals surface area contributed by atoms with Crippen molar-refractivity contribution in [2.24, 2.45) is 0 Å². The lowest BCUT2D eigenvalue weighted by atomic mass is 9.96. The number of nitrogens with zero attached hydrogens (tertiary/aromatic N) is 3. The van der Waals surface area contributed by atoms with E-state index < -0.39 is 11.9 Å². The number of aromatic nitrogens is 3. The van der Waals surface area contributed by atoms with Gasteiger partial charge in [-0.25, -0.2) is 9.07 Å². The lowest BCUT2D eigenvalue weighted by molar-refractivity contribution is -0.137. The molecule has 33 heavy (non-hydrogen) atoms. The number of carbonyl (C=O) groups excluding carboxylic acids is 1. The molecule has 166 valence electrons. The van der Waals surface area contributed by atoms with Crippen LogP contribution in [-0.4, -0.2) is 32.0 Å². The van der Waals surface area contributed by atoms with Gasteiger partial charge in [0.25, 0.3) is 0 Å². The van der Waals surface area contributed by atoms with Gasteiger partial charge in [0.2, 0.25) is 5.91 Å². The smallest absolute Gasteiger partial charge is 0.325 e. The number of amides is 1. The number of rotatable bonds is 7. The van der Waals surface area contributed by atoms with Crippen LogP contribution in [0.15, 0.2) is 79.0 Å². The van der Waals surface area contributed by atoms with Crippen LogP contribution < -0.4 is 5.32 Å². The average molecular weight is 444 g/mol.